The van der Waals surface area contributed by atoms with Gasteiger partial charge in [-0.25, -0.2) is 9.97 Å². The first-order valence-corrected chi connectivity index (χ1v) is 5.71. The molecule has 0 fully saturated rings. The number of nitrogens with zero attached hydrogens (tertiary/aromatic N) is 2. The van der Waals surface area contributed by atoms with Crippen LogP contribution in [0.25, 0.3) is 11.3 Å². The fourth-order valence-corrected chi connectivity index (χ4v) is 1.62. The molecule has 2 heterocycles. The van der Waals surface area contributed by atoms with E-state index < -0.39 is 11.7 Å². The van der Waals surface area contributed by atoms with Gasteiger partial charge < -0.3 is 10.1 Å². The molecular formula is C13H12F3N3O. The van der Waals surface area contributed by atoms with Crippen molar-refractivity contribution in [3.63, 3.8) is 0 Å². The van der Waals surface area contributed by atoms with Crippen LogP contribution in [0.4, 0.5) is 19.0 Å². The van der Waals surface area contributed by atoms with Crippen LogP contribution < -0.4 is 10.1 Å². The molecule has 1 N–H and O–H groups in total. The molecule has 2 aromatic rings. The zero-order chi connectivity index (χ0) is 14.8. The molecule has 0 aliphatic rings. The maximum Gasteiger partial charge on any atom is 0.416 e. The number of nitrogens with one attached hydrogen (secondary N) is 1. The summed E-state index contributed by atoms with van der Waals surface area (Å²) in [5.74, 6) is 0.528. The van der Waals surface area contributed by atoms with Gasteiger partial charge in [0.1, 0.15) is 5.82 Å². The first kappa shape index (κ1) is 14.1. The molecule has 0 radical (unpaired) electrons. The zero-order valence-electron chi connectivity index (χ0n) is 10.8. The predicted octanol–water partition coefficient (Wildman–Crippen LogP) is 3.21. The first-order chi connectivity index (χ1) is 9.44. The van der Waals surface area contributed by atoms with E-state index in [1.165, 1.54) is 20.4 Å². The van der Waals surface area contributed by atoms with Crippen LogP contribution >= 0.6 is 0 Å². The Morgan fingerprint density at radius 1 is 1.20 bits per heavy atom. The van der Waals surface area contributed by atoms with Gasteiger partial charge in [0, 0.05) is 24.9 Å². The fraction of sp³-hybridized carbons (Fsp3) is 0.231. The summed E-state index contributed by atoms with van der Waals surface area (Å²) in [6.07, 6.45) is -3.01. The summed E-state index contributed by atoms with van der Waals surface area (Å²) >= 11 is 0. The number of hydrogen-bond donors (Lipinski definition) is 1. The number of ether oxygens (including phenoxy) is 1. The summed E-state index contributed by atoms with van der Waals surface area (Å²) in [6.45, 7) is 0. The number of aromatic nitrogens is 2. The maximum absolute atomic E-state index is 12.8. The number of methoxy groups -OCH3 is 1. The molecule has 0 bridgehead atoms. The average molecular weight is 283 g/mol. The van der Waals surface area contributed by atoms with Crippen LogP contribution in [0.1, 0.15) is 5.56 Å². The van der Waals surface area contributed by atoms with Crippen LogP contribution in [0, 0.1) is 0 Å². The Kier molecular flexibility index (Phi) is 3.78. The minimum absolute atomic E-state index is 0.144. The number of rotatable bonds is 3. The molecule has 0 aliphatic carbocycles. The number of anilines is 1. The molecule has 2 rings (SSSR count). The van der Waals surface area contributed by atoms with Gasteiger partial charge in [0.2, 0.25) is 5.88 Å². The van der Waals surface area contributed by atoms with E-state index in [2.05, 4.69) is 15.3 Å². The van der Waals surface area contributed by atoms with E-state index in [0.29, 0.717) is 11.4 Å². The normalized spacial score (nSPS) is 11.2. The van der Waals surface area contributed by atoms with Gasteiger partial charge in [-0.2, -0.15) is 13.2 Å². The highest BCUT2D eigenvalue weighted by Crippen LogP contribution is 2.33. The third kappa shape index (κ3) is 2.98. The fourth-order valence-electron chi connectivity index (χ4n) is 1.62. The summed E-state index contributed by atoms with van der Waals surface area (Å²) in [5, 5.41) is 2.62. The highest BCUT2D eigenvalue weighted by molar-refractivity contribution is 5.62. The summed E-state index contributed by atoms with van der Waals surface area (Å²) in [4.78, 5) is 8.06. The molecule has 0 aromatic carbocycles. The van der Waals surface area contributed by atoms with Gasteiger partial charge >= 0.3 is 6.18 Å². The van der Waals surface area contributed by atoms with Crippen molar-refractivity contribution in [1.82, 2.24) is 9.97 Å². The van der Waals surface area contributed by atoms with Crippen molar-refractivity contribution in [3.8, 4) is 17.1 Å². The highest BCUT2D eigenvalue weighted by Gasteiger charge is 2.31. The Balaban J connectivity index is 2.49. The number of pyridine rings is 2. The van der Waals surface area contributed by atoms with Crippen molar-refractivity contribution >= 4 is 5.82 Å². The molecule has 0 amide bonds. The predicted molar refractivity (Wildman–Crippen MR) is 68.6 cm³/mol. The Bertz CT molecular complexity index is 597. The molecule has 0 atom stereocenters. The van der Waals surface area contributed by atoms with Gasteiger partial charge in [-0.05, 0) is 18.2 Å². The molecule has 2 aromatic heterocycles. The molecule has 0 aliphatic heterocycles. The highest BCUT2D eigenvalue weighted by atomic mass is 19.4. The quantitative estimate of drug-likeness (QED) is 0.939. The summed E-state index contributed by atoms with van der Waals surface area (Å²) in [7, 11) is 2.97. The second-order valence-corrected chi connectivity index (χ2v) is 3.96. The molecule has 7 heteroatoms. The Morgan fingerprint density at radius 2 is 1.95 bits per heavy atom. The van der Waals surface area contributed by atoms with E-state index in [4.69, 9.17) is 4.74 Å². The van der Waals surface area contributed by atoms with Gasteiger partial charge in [0.25, 0.3) is 0 Å². The smallest absolute Gasteiger partial charge is 0.416 e. The van der Waals surface area contributed by atoms with E-state index in [9.17, 15) is 13.2 Å². The lowest BCUT2D eigenvalue weighted by Crippen LogP contribution is -2.07. The van der Waals surface area contributed by atoms with Crippen LogP contribution in [-0.2, 0) is 6.18 Å². The summed E-state index contributed by atoms with van der Waals surface area (Å²) < 4.78 is 43.4. The second kappa shape index (κ2) is 5.36. The SMILES string of the molecule is CNc1cc(C(F)(F)F)cc(-c2ccc(OC)nc2)n1. The lowest BCUT2D eigenvalue weighted by molar-refractivity contribution is -0.137. The van der Waals surface area contributed by atoms with E-state index >= 15 is 0 Å². The molecule has 0 saturated heterocycles. The topological polar surface area (TPSA) is 47.0 Å². The lowest BCUT2D eigenvalue weighted by atomic mass is 10.1. The van der Waals surface area contributed by atoms with Crippen LogP contribution in [0.3, 0.4) is 0 Å². The van der Waals surface area contributed by atoms with E-state index in [0.717, 1.165) is 12.1 Å². The summed E-state index contributed by atoms with van der Waals surface area (Å²) in [6, 6.07) is 5.12. The minimum Gasteiger partial charge on any atom is -0.481 e. The van der Waals surface area contributed by atoms with Crippen LogP contribution in [0.15, 0.2) is 30.5 Å². The molecule has 0 unspecified atom stereocenters. The zero-order valence-corrected chi connectivity index (χ0v) is 10.8. The molecule has 0 saturated carbocycles. The first-order valence-electron chi connectivity index (χ1n) is 5.71. The van der Waals surface area contributed by atoms with Crippen LogP contribution in [0.5, 0.6) is 5.88 Å². The van der Waals surface area contributed by atoms with Gasteiger partial charge in [0.05, 0.1) is 18.4 Å². The van der Waals surface area contributed by atoms with Gasteiger partial charge in [-0.3, -0.25) is 0 Å². The van der Waals surface area contributed by atoms with Gasteiger partial charge in [-0.15, -0.1) is 0 Å². The monoisotopic (exact) mass is 283 g/mol. The Morgan fingerprint density at radius 3 is 2.45 bits per heavy atom. The van der Waals surface area contributed by atoms with E-state index in [1.54, 1.807) is 12.1 Å². The third-order valence-corrected chi connectivity index (χ3v) is 2.65. The second-order valence-electron chi connectivity index (χ2n) is 3.96. The van der Waals surface area contributed by atoms with Crippen molar-refractivity contribution in [2.24, 2.45) is 0 Å². The Hall–Kier alpha value is -2.31. The molecule has 106 valence electrons. The van der Waals surface area contributed by atoms with Crippen molar-refractivity contribution in [2.45, 2.75) is 6.18 Å². The largest absolute Gasteiger partial charge is 0.481 e. The van der Waals surface area contributed by atoms with E-state index in [-0.39, 0.29) is 11.5 Å². The third-order valence-electron chi connectivity index (χ3n) is 2.65. The number of alkyl halides is 3. The average Bonchev–Trinajstić information content (AvgIpc) is 2.46. The maximum atomic E-state index is 12.8. The molecule has 4 nitrogen and oxygen atoms in total. The number of hydrogen-bond acceptors (Lipinski definition) is 4. The van der Waals surface area contributed by atoms with Crippen LogP contribution in [-0.4, -0.2) is 24.1 Å². The van der Waals surface area contributed by atoms with Crippen LogP contribution in [0.2, 0.25) is 0 Å². The number of halogens is 3. The summed E-state index contributed by atoms with van der Waals surface area (Å²) in [5.41, 5.74) is -0.0876. The molecule has 20 heavy (non-hydrogen) atoms. The molecule has 0 spiro atoms. The standard InChI is InChI=1S/C13H12F3N3O/c1-17-11-6-9(13(14,15)16)5-10(19-11)8-3-4-12(20-2)18-7-8/h3-7H,1-2H3,(H,17,19). The van der Waals surface area contributed by atoms with Crippen molar-refractivity contribution in [1.29, 1.82) is 0 Å². The van der Waals surface area contributed by atoms with Crippen molar-refractivity contribution in [3.05, 3.63) is 36.0 Å². The Labute approximate surface area is 113 Å². The van der Waals surface area contributed by atoms with Gasteiger partial charge in [0.15, 0.2) is 0 Å². The van der Waals surface area contributed by atoms with E-state index in [1.807, 2.05) is 0 Å². The van der Waals surface area contributed by atoms with Crippen molar-refractivity contribution in [2.75, 3.05) is 19.5 Å². The minimum atomic E-state index is -4.43. The lowest BCUT2D eigenvalue weighted by Gasteiger charge is -2.11. The van der Waals surface area contributed by atoms with Crippen molar-refractivity contribution < 1.29 is 17.9 Å². The molecular weight excluding hydrogens is 271 g/mol. The van der Waals surface area contributed by atoms with Gasteiger partial charge in [-0.1, -0.05) is 0 Å².